The second kappa shape index (κ2) is 8.32. The standard InChI is InChI=1S/C21H19FN2O4S/c1-14-6-7-16(22)13-20(14)23-21(25)15-4-3-5-19(12-15)29(26,27)24-17-8-10-18(28-2)11-9-17/h3-13,24H,1-2H3,(H,23,25). The van der Waals surface area contributed by atoms with E-state index in [0.717, 1.165) is 0 Å². The van der Waals surface area contributed by atoms with Gasteiger partial charge in [0.2, 0.25) is 0 Å². The Hall–Kier alpha value is -3.39. The fourth-order valence-electron chi connectivity index (χ4n) is 2.60. The predicted molar refractivity (Wildman–Crippen MR) is 109 cm³/mol. The fraction of sp³-hybridized carbons (Fsp3) is 0.0952. The first-order valence-electron chi connectivity index (χ1n) is 8.63. The summed E-state index contributed by atoms with van der Waals surface area (Å²) in [6.45, 7) is 1.73. The van der Waals surface area contributed by atoms with Gasteiger partial charge in [-0.15, -0.1) is 0 Å². The number of methoxy groups -OCH3 is 1. The Bertz CT molecular complexity index is 1150. The van der Waals surface area contributed by atoms with Crippen molar-refractivity contribution in [2.45, 2.75) is 11.8 Å². The number of sulfonamides is 1. The third kappa shape index (κ3) is 4.91. The van der Waals surface area contributed by atoms with Crippen LogP contribution in [0.4, 0.5) is 15.8 Å². The van der Waals surface area contributed by atoms with Gasteiger partial charge in [-0.05, 0) is 67.1 Å². The van der Waals surface area contributed by atoms with E-state index in [1.807, 2.05) is 0 Å². The molecule has 29 heavy (non-hydrogen) atoms. The molecule has 150 valence electrons. The number of halogens is 1. The van der Waals surface area contributed by atoms with E-state index in [0.29, 0.717) is 22.7 Å². The number of aryl methyl sites for hydroxylation is 1. The predicted octanol–water partition coefficient (Wildman–Crippen LogP) is 4.20. The first-order chi connectivity index (χ1) is 13.8. The molecule has 0 saturated carbocycles. The fourth-order valence-corrected chi connectivity index (χ4v) is 3.71. The van der Waals surface area contributed by atoms with E-state index in [1.54, 1.807) is 37.3 Å². The number of anilines is 2. The molecule has 0 fully saturated rings. The van der Waals surface area contributed by atoms with E-state index in [2.05, 4.69) is 10.0 Å². The van der Waals surface area contributed by atoms with Crippen LogP contribution in [0.1, 0.15) is 15.9 Å². The average molecular weight is 414 g/mol. The number of nitrogens with one attached hydrogen (secondary N) is 2. The molecule has 3 aromatic rings. The van der Waals surface area contributed by atoms with E-state index in [4.69, 9.17) is 4.74 Å². The van der Waals surface area contributed by atoms with Crippen LogP contribution in [0, 0.1) is 12.7 Å². The first kappa shape index (κ1) is 20.3. The SMILES string of the molecule is COc1ccc(NS(=O)(=O)c2cccc(C(=O)Nc3cc(F)ccc3C)c2)cc1. The number of carbonyl (C=O) groups is 1. The zero-order chi connectivity index (χ0) is 21.0. The first-order valence-corrected chi connectivity index (χ1v) is 10.1. The number of benzene rings is 3. The van der Waals surface area contributed by atoms with Crippen molar-refractivity contribution in [3.8, 4) is 5.75 Å². The lowest BCUT2D eigenvalue weighted by atomic mass is 10.1. The summed E-state index contributed by atoms with van der Waals surface area (Å²) in [6, 6.07) is 16.0. The van der Waals surface area contributed by atoms with Gasteiger partial charge < -0.3 is 10.1 Å². The highest BCUT2D eigenvalue weighted by atomic mass is 32.2. The minimum absolute atomic E-state index is 0.0723. The molecule has 0 atom stereocenters. The number of hydrogen-bond acceptors (Lipinski definition) is 4. The van der Waals surface area contributed by atoms with Crippen molar-refractivity contribution < 1.29 is 22.3 Å². The number of carbonyl (C=O) groups excluding carboxylic acids is 1. The maximum Gasteiger partial charge on any atom is 0.261 e. The molecular weight excluding hydrogens is 395 g/mol. The lowest BCUT2D eigenvalue weighted by molar-refractivity contribution is 0.102. The molecule has 0 aliphatic carbocycles. The van der Waals surface area contributed by atoms with Gasteiger partial charge in [0.05, 0.1) is 12.0 Å². The molecule has 2 N–H and O–H groups in total. The summed E-state index contributed by atoms with van der Waals surface area (Å²) in [5.74, 6) is -0.426. The van der Waals surface area contributed by atoms with Crippen molar-refractivity contribution >= 4 is 27.3 Å². The number of hydrogen-bond donors (Lipinski definition) is 2. The molecule has 0 aliphatic heterocycles. The molecule has 0 unspecified atom stereocenters. The number of rotatable bonds is 6. The van der Waals surface area contributed by atoms with Gasteiger partial charge in [0.15, 0.2) is 0 Å². The Morgan fingerprint density at radius 3 is 2.41 bits per heavy atom. The lowest BCUT2D eigenvalue weighted by Crippen LogP contribution is -2.16. The highest BCUT2D eigenvalue weighted by Crippen LogP contribution is 2.21. The molecule has 0 saturated heterocycles. The van der Waals surface area contributed by atoms with Crippen molar-refractivity contribution in [3.63, 3.8) is 0 Å². The molecule has 0 bridgehead atoms. The molecule has 3 aromatic carbocycles. The number of ether oxygens (including phenoxy) is 1. The maximum absolute atomic E-state index is 13.4. The topological polar surface area (TPSA) is 84.5 Å². The zero-order valence-electron chi connectivity index (χ0n) is 15.8. The number of amides is 1. The minimum atomic E-state index is -3.91. The van der Waals surface area contributed by atoms with Crippen LogP contribution in [0.2, 0.25) is 0 Å². The van der Waals surface area contributed by atoms with E-state index in [9.17, 15) is 17.6 Å². The van der Waals surface area contributed by atoms with Gasteiger partial charge in [0, 0.05) is 16.9 Å². The molecule has 0 heterocycles. The van der Waals surface area contributed by atoms with Crippen molar-refractivity contribution in [2.75, 3.05) is 17.1 Å². The smallest absolute Gasteiger partial charge is 0.261 e. The Morgan fingerprint density at radius 2 is 1.72 bits per heavy atom. The molecule has 0 radical (unpaired) electrons. The van der Waals surface area contributed by atoms with Gasteiger partial charge in [-0.2, -0.15) is 0 Å². The summed E-state index contributed by atoms with van der Waals surface area (Å²) >= 11 is 0. The Balaban J connectivity index is 1.81. The van der Waals surface area contributed by atoms with E-state index in [-0.39, 0.29) is 10.5 Å². The summed E-state index contributed by atoms with van der Waals surface area (Å²) in [5, 5.41) is 2.60. The van der Waals surface area contributed by atoms with Gasteiger partial charge in [-0.25, -0.2) is 12.8 Å². The molecule has 0 aliphatic rings. The van der Waals surface area contributed by atoms with E-state index < -0.39 is 21.7 Å². The van der Waals surface area contributed by atoms with Crippen LogP contribution in [0.15, 0.2) is 71.6 Å². The molecule has 0 spiro atoms. The minimum Gasteiger partial charge on any atom is -0.497 e. The van der Waals surface area contributed by atoms with Crippen LogP contribution in [-0.2, 0) is 10.0 Å². The van der Waals surface area contributed by atoms with Crippen LogP contribution >= 0.6 is 0 Å². The van der Waals surface area contributed by atoms with Gasteiger partial charge in [-0.3, -0.25) is 9.52 Å². The molecule has 3 rings (SSSR count). The van der Waals surface area contributed by atoms with E-state index in [1.165, 1.54) is 43.5 Å². The Labute approximate surface area is 168 Å². The van der Waals surface area contributed by atoms with Crippen LogP contribution in [-0.4, -0.2) is 21.4 Å². The molecule has 8 heteroatoms. The monoisotopic (exact) mass is 414 g/mol. The Morgan fingerprint density at radius 1 is 1.00 bits per heavy atom. The zero-order valence-corrected chi connectivity index (χ0v) is 16.6. The second-order valence-electron chi connectivity index (χ2n) is 6.28. The van der Waals surface area contributed by atoms with Crippen molar-refractivity contribution in [2.24, 2.45) is 0 Å². The van der Waals surface area contributed by atoms with Crippen LogP contribution in [0.25, 0.3) is 0 Å². The summed E-state index contributed by atoms with van der Waals surface area (Å²) in [6.07, 6.45) is 0. The van der Waals surface area contributed by atoms with Crippen LogP contribution in [0.5, 0.6) is 5.75 Å². The Kier molecular flexibility index (Phi) is 5.84. The quantitative estimate of drug-likeness (QED) is 0.633. The third-order valence-electron chi connectivity index (χ3n) is 4.20. The lowest BCUT2D eigenvalue weighted by Gasteiger charge is -2.11. The van der Waals surface area contributed by atoms with Crippen LogP contribution in [0.3, 0.4) is 0 Å². The summed E-state index contributed by atoms with van der Waals surface area (Å²) in [5.41, 5.74) is 1.49. The second-order valence-corrected chi connectivity index (χ2v) is 7.96. The summed E-state index contributed by atoms with van der Waals surface area (Å²) in [4.78, 5) is 12.5. The summed E-state index contributed by atoms with van der Waals surface area (Å²) < 4.78 is 46.3. The van der Waals surface area contributed by atoms with Crippen LogP contribution < -0.4 is 14.8 Å². The molecule has 1 amide bonds. The largest absolute Gasteiger partial charge is 0.497 e. The maximum atomic E-state index is 13.4. The van der Waals surface area contributed by atoms with Gasteiger partial charge in [-0.1, -0.05) is 12.1 Å². The van der Waals surface area contributed by atoms with Gasteiger partial charge >= 0.3 is 0 Å². The highest BCUT2D eigenvalue weighted by Gasteiger charge is 2.17. The highest BCUT2D eigenvalue weighted by molar-refractivity contribution is 7.92. The van der Waals surface area contributed by atoms with E-state index >= 15 is 0 Å². The molecular formula is C21H19FN2O4S. The van der Waals surface area contributed by atoms with Crippen molar-refractivity contribution in [1.82, 2.24) is 0 Å². The third-order valence-corrected chi connectivity index (χ3v) is 5.58. The van der Waals surface area contributed by atoms with Crippen molar-refractivity contribution in [3.05, 3.63) is 83.7 Å². The van der Waals surface area contributed by atoms with Crippen molar-refractivity contribution in [1.29, 1.82) is 0 Å². The summed E-state index contributed by atoms with van der Waals surface area (Å²) in [7, 11) is -2.39. The molecule has 0 aromatic heterocycles. The normalized spacial score (nSPS) is 11.0. The molecule has 6 nitrogen and oxygen atoms in total. The van der Waals surface area contributed by atoms with Gasteiger partial charge in [0.1, 0.15) is 11.6 Å². The van der Waals surface area contributed by atoms with Gasteiger partial charge in [0.25, 0.3) is 15.9 Å². The average Bonchev–Trinajstić information content (AvgIpc) is 2.71.